The summed E-state index contributed by atoms with van der Waals surface area (Å²) in [6.07, 6.45) is -2.74. The molecule has 124 valence electrons. The Balaban J connectivity index is 2.31. The molecule has 0 saturated carbocycles. The molecule has 0 aromatic heterocycles. The van der Waals surface area contributed by atoms with Gasteiger partial charge < -0.3 is 11.1 Å². The first-order chi connectivity index (χ1) is 9.71. The van der Waals surface area contributed by atoms with Crippen LogP contribution in [0.3, 0.4) is 0 Å². The second-order valence-electron chi connectivity index (χ2n) is 6.31. The van der Waals surface area contributed by atoms with Gasteiger partial charge in [0.05, 0.1) is 12.5 Å². The lowest BCUT2D eigenvalue weighted by molar-refractivity contribution is -0.143. The van der Waals surface area contributed by atoms with Gasteiger partial charge in [-0.05, 0) is 31.2 Å². The number of likely N-dealkylation sites (tertiary alicyclic amines) is 1. The summed E-state index contributed by atoms with van der Waals surface area (Å²) < 4.78 is 36.9. The third-order valence-electron chi connectivity index (χ3n) is 3.75. The summed E-state index contributed by atoms with van der Waals surface area (Å²) in [6, 6.07) is 0. The molecule has 1 heterocycles. The topological polar surface area (TPSA) is 58.4 Å². The van der Waals surface area contributed by atoms with Crippen LogP contribution < -0.4 is 11.1 Å². The van der Waals surface area contributed by atoms with Crippen molar-refractivity contribution in [1.82, 2.24) is 10.2 Å². The molecular weight excluding hydrogens is 283 g/mol. The lowest BCUT2D eigenvalue weighted by Crippen LogP contribution is -2.39. The highest BCUT2D eigenvalue weighted by Gasteiger charge is 2.34. The van der Waals surface area contributed by atoms with Crippen molar-refractivity contribution >= 4 is 5.91 Å². The number of nitrogens with two attached hydrogens (primary N) is 1. The lowest BCUT2D eigenvalue weighted by Gasteiger charge is -2.20. The molecule has 3 N–H and O–H groups in total. The van der Waals surface area contributed by atoms with E-state index < -0.39 is 12.7 Å². The number of rotatable bonds is 7. The number of nitrogens with zero attached hydrogens (tertiary/aromatic N) is 1. The normalized spacial score (nSPS) is 21.8. The van der Waals surface area contributed by atoms with E-state index in [1.54, 1.807) is 0 Å². The minimum absolute atomic E-state index is 0.0829. The summed E-state index contributed by atoms with van der Waals surface area (Å²) in [5.41, 5.74) is 5.60. The summed E-state index contributed by atoms with van der Waals surface area (Å²) >= 11 is 0. The zero-order valence-corrected chi connectivity index (χ0v) is 12.7. The molecule has 0 bridgehead atoms. The van der Waals surface area contributed by atoms with Gasteiger partial charge in [-0.15, -0.1) is 0 Å². The highest BCUT2D eigenvalue weighted by molar-refractivity contribution is 5.78. The minimum Gasteiger partial charge on any atom is -0.355 e. The van der Waals surface area contributed by atoms with Gasteiger partial charge in [-0.1, -0.05) is 13.8 Å². The molecule has 1 aliphatic rings. The Bertz CT molecular complexity index is 334. The number of carbonyl (C=O) groups excluding carboxylic acids is 1. The van der Waals surface area contributed by atoms with E-state index in [0.29, 0.717) is 38.5 Å². The second-order valence-corrected chi connectivity index (χ2v) is 6.31. The van der Waals surface area contributed by atoms with E-state index in [2.05, 4.69) is 5.32 Å². The first-order valence-corrected chi connectivity index (χ1v) is 7.48. The standard InChI is InChI=1S/C14H26F3N3O/c1-10(2)5-12(6-18)13(21)19-7-11-3-4-20(8-11)9-14(15,16)17/h10-12H,3-9,18H2,1-2H3,(H,19,21). The van der Waals surface area contributed by atoms with Crippen molar-refractivity contribution < 1.29 is 18.0 Å². The number of nitrogens with one attached hydrogen (secondary N) is 1. The monoisotopic (exact) mass is 309 g/mol. The third-order valence-corrected chi connectivity index (χ3v) is 3.75. The quantitative estimate of drug-likeness (QED) is 0.751. The smallest absolute Gasteiger partial charge is 0.355 e. The molecule has 1 rings (SSSR count). The Morgan fingerprint density at radius 3 is 2.62 bits per heavy atom. The molecule has 4 nitrogen and oxygen atoms in total. The summed E-state index contributed by atoms with van der Waals surface area (Å²) in [4.78, 5) is 13.4. The number of amides is 1. The predicted octanol–water partition coefficient (Wildman–Crippen LogP) is 1.61. The van der Waals surface area contributed by atoms with Crippen molar-refractivity contribution in [3.63, 3.8) is 0 Å². The first kappa shape index (κ1) is 18.2. The van der Waals surface area contributed by atoms with E-state index in [1.807, 2.05) is 13.8 Å². The predicted molar refractivity (Wildman–Crippen MR) is 75.6 cm³/mol. The summed E-state index contributed by atoms with van der Waals surface area (Å²) in [5, 5.41) is 2.84. The first-order valence-electron chi connectivity index (χ1n) is 7.48. The van der Waals surface area contributed by atoms with Crippen LogP contribution in [0.15, 0.2) is 0 Å². The van der Waals surface area contributed by atoms with Crippen molar-refractivity contribution in [3.05, 3.63) is 0 Å². The fourth-order valence-corrected chi connectivity index (χ4v) is 2.75. The molecule has 1 amide bonds. The molecule has 2 atom stereocenters. The van der Waals surface area contributed by atoms with Gasteiger partial charge in [-0.25, -0.2) is 0 Å². The molecule has 0 spiro atoms. The fraction of sp³-hybridized carbons (Fsp3) is 0.929. The number of hydrogen-bond acceptors (Lipinski definition) is 3. The molecule has 1 saturated heterocycles. The Morgan fingerprint density at radius 2 is 2.10 bits per heavy atom. The van der Waals surface area contributed by atoms with E-state index in [4.69, 9.17) is 5.73 Å². The molecule has 1 fully saturated rings. The van der Waals surface area contributed by atoms with Gasteiger partial charge >= 0.3 is 6.18 Å². The second kappa shape index (κ2) is 7.98. The average Bonchev–Trinajstić information content (AvgIpc) is 2.78. The number of halogens is 3. The summed E-state index contributed by atoms with van der Waals surface area (Å²) in [7, 11) is 0. The SMILES string of the molecule is CC(C)CC(CN)C(=O)NCC1CCN(CC(F)(F)F)C1. The summed E-state index contributed by atoms with van der Waals surface area (Å²) in [5.74, 6) is 0.185. The van der Waals surface area contributed by atoms with Crippen LogP contribution in [0.5, 0.6) is 0 Å². The average molecular weight is 309 g/mol. The molecule has 0 aromatic carbocycles. The molecule has 0 aliphatic carbocycles. The zero-order chi connectivity index (χ0) is 16.0. The van der Waals surface area contributed by atoms with Gasteiger partial charge in [-0.2, -0.15) is 13.2 Å². The van der Waals surface area contributed by atoms with Crippen LogP contribution in [-0.2, 0) is 4.79 Å². The summed E-state index contributed by atoms with van der Waals surface area (Å²) in [6.45, 7) is 4.75. The fourth-order valence-electron chi connectivity index (χ4n) is 2.75. The van der Waals surface area contributed by atoms with Gasteiger partial charge in [0.25, 0.3) is 0 Å². The van der Waals surface area contributed by atoms with E-state index in [-0.39, 0.29) is 17.7 Å². The van der Waals surface area contributed by atoms with Crippen molar-refractivity contribution in [2.45, 2.75) is 32.9 Å². The van der Waals surface area contributed by atoms with E-state index in [1.165, 1.54) is 4.90 Å². The Hall–Kier alpha value is -0.820. The van der Waals surface area contributed by atoms with Crippen molar-refractivity contribution in [1.29, 1.82) is 0 Å². The number of hydrogen-bond donors (Lipinski definition) is 2. The van der Waals surface area contributed by atoms with Gasteiger partial charge in [0.15, 0.2) is 0 Å². The molecule has 2 unspecified atom stereocenters. The van der Waals surface area contributed by atoms with E-state index >= 15 is 0 Å². The van der Waals surface area contributed by atoms with Crippen LogP contribution in [0.25, 0.3) is 0 Å². The van der Waals surface area contributed by atoms with Crippen LogP contribution in [0.1, 0.15) is 26.7 Å². The zero-order valence-electron chi connectivity index (χ0n) is 12.7. The maximum atomic E-state index is 12.3. The van der Waals surface area contributed by atoms with Crippen LogP contribution in [0, 0.1) is 17.8 Å². The van der Waals surface area contributed by atoms with Gasteiger partial charge in [0, 0.05) is 19.6 Å². The molecule has 0 radical (unpaired) electrons. The maximum absolute atomic E-state index is 12.3. The number of alkyl halides is 3. The van der Waals surface area contributed by atoms with Crippen molar-refractivity contribution in [2.24, 2.45) is 23.5 Å². The van der Waals surface area contributed by atoms with Gasteiger partial charge in [-0.3, -0.25) is 9.69 Å². The van der Waals surface area contributed by atoms with Crippen LogP contribution in [0.4, 0.5) is 13.2 Å². The highest BCUT2D eigenvalue weighted by atomic mass is 19.4. The minimum atomic E-state index is -4.15. The molecule has 1 aliphatic heterocycles. The molecular formula is C14H26F3N3O. The Morgan fingerprint density at radius 1 is 1.43 bits per heavy atom. The molecule has 21 heavy (non-hydrogen) atoms. The lowest BCUT2D eigenvalue weighted by atomic mass is 9.96. The largest absolute Gasteiger partial charge is 0.401 e. The number of carbonyl (C=O) groups is 1. The van der Waals surface area contributed by atoms with E-state index in [0.717, 1.165) is 6.42 Å². The van der Waals surface area contributed by atoms with Gasteiger partial charge in [0.1, 0.15) is 0 Å². The van der Waals surface area contributed by atoms with Crippen LogP contribution in [0.2, 0.25) is 0 Å². The highest BCUT2D eigenvalue weighted by Crippen LogP contribution is 2.22. The Labute approximate surface area is 124 Å². The van der Waals surface area contributed by atoms with Gasteiger partial charge in [0.2, 0.25) is 5.91 Å². The maximum Gasteiger partial charge on any atom is 0.401 e. The third kappa shape index (κ3) is 7.13. The van der Waals surface area contributed by atoms with Crippen LogP contribution >= 0.6 is 0 Å². The van der Waals surface area contributed by atoms with E-state index in [9.17, 15) is 18.0 Å². The van der Waals surface area contributed by atoms with Crippen LogP contribution in [-0.4, -0.2) is 49.7 Å². The molecule has 7 heteroatoms. The Kier molecular flexibility index (Phi) is 6.93. The van der Waals surface area contributed by atoms with Crippen molar-refractivity contribution in [2.75, 3.05) is 32.7 Å². The van der Waals surface area contributed by atoms with Crippen molar-refractivity contribution in [3.8, 4) is 0 Å². The molecule has 0 aromatic rings.